The summed E-state index contributed by atoms with van der Waals surface area (Å²) in [6.07, 6.45) is 1.22. The Hall–Kier alpha value is -1.12. The zero-order chi connectivity index (χ0) is 14.2. The Bertz CT molecular complexity index is 592. The van der Waals surface area contributed by atoms with Gasteiger partial charge in [-0.1, -0.05) is 0 Å². The van der Waals surface area contributed by atoms with Gasteiger partial charge >= 0.3 is 0 Å². The number of sulfonamides is 1. The van der Waals surface area contributed by atoms with Crippen LogP contribution in [0.1, 0.15) is 12.8 Å². The van der Waals surface area contributed by atoms with Crippen LogP contribution in [0.4, 0.5) is 13.2 Å². The lowest BCUT2D eigenvalue weighted by Gasteiger charge is -2.29. The molecule has 1 heterocycles. The van der Waals surface area contributed by atoms with E-state index in [1.165, 1.54) is 0 Å². The highest BCUT2D eigenvalue weighted by molar-refractivity contribution is 7.89. The molecule has 1 aromatic rings. The molecule has 1 saturated heterocycles. The molecule has 0 radical (unpaired) electrons. The summed E-state index contributed by atoms with van der Waals surface area (Å²) in [7, 11) is -4.19. The van der Waals surface area contributed by atoms with Crippen LogP contribution in [0.25, 0.3) is 0 Å². The average molecular weight is 294 g/mol. The maximum absolute atomic E-state index is 13.6. The van der Waals surface area contributed by atoms with E-state index in [1.54, 1.807) is 0 Å². The van der Waals surface area contributed by atoms with E-state index in [0.717, 1.165) is 10.4 Å². The van der Waals surface area contributed by atoms with Gasteiger partial charge in [0.05, 0.1) is 0 Å². The first-order valence-corrected chi connectivity index (χ1v) is 7.17. The molecule has 0 amide bonds. The Morgan fingerprint density at radius 2 is 1.89 bits per heavy atom. The molecule has 19 heavy (non-hydrogen) atoms. The molecule has 8 heteroatoms. The minimum atomic E-state index is -4.19. The van der Waals surface area contributed by atoms with E-state index in [2.05, 4.69) is 0 Å². The Morgan fingerprint density at radius 3 is 2.53 bits per heavy atom. The van der Waals surface area contributed by atoms with Gasteiger partial charge in [-0.15, -0.1) is 0 Å². The second kappa shape index (κ2) is 5.10. The molecule has 2 rings (SSSR count). The molecule has 106 valence electrons. The van der Waals surface area contributed by atoms with Crippen LogP contribution in [-0.2, 0) is 10.0 Å². The Morgan fingerprint density at radius 1 is 1.21 bits per heavy atom. The quantitative estimate of drug-likeness (QED) is 0.834. The fraction of sp³-hybridized carbons (Fsp3) is 0.455. The van der Waals surface area contributed by atoms with Crippen molar-refractivity contribution in [3.8, 4) is 0 Å². The molecular weight excluding hydrogens is 281 g/mol. The third-order valence-corrected chi connectivity index (χ3v) is 4.92. The van der Waals surface area contributed by atoms with E-state index < -0.39 is 32.4 Å². The molecule has 0 saturated carbocycles. The fourth-order valence-electron chi connectivity index (χ4n) is 2.04. The highest BCUT2D eigenvalue weighted by atomic mass is 32.2. The summed E-state index contributed by atoms with van der Waals surface area (Å²) in [5, 5.41) is 0. The van der Waals surface area contributed by atoms with Crippen molar-refractivity contribution in [2.45, 2.75) is 23.8 Å². The molecule has 1 atom stereocenters. The normalized spacial score (nSPS) is 21.6. The smallest absolute Gasteiger partial charge is 0.246 e. The summed E-state index contributed by atoms with van der Waals surface area (Å²) in [4.78, 5) is -0.861. The van der Waals surface area contributed by atoms with E-state index in [9.17, 15) is 21.6 Å². The minimum Gasteiger partial charge on any atom is -0.327 e. The van der Waals surface area contributed by atoms with Crippen molar-refractivity contribution in [2.75, 3.05) is 13.1 Å². The monoisotopic (exact) mass is 294 g/mol. The number of hydrogen-bond acceptors (Lipinski definition) is 3. The summed E-state index contributed by atoms with van der Waals surface area (Å²) in [6.45, 7) is 0.231. The van der Waals surface area contributed by atoms with E-state index in [0.29, 0.717) is 18.9 Å². The van der Waals surface area contributed by atoms with Gasteiger partial charge in [-0.05, 0) is 25.0 Å². The highest BCUT2D eigenvalue weighted by Gasteiger charge is 2.32. The van der Waals surface area contributed by atoms with E-state index in [4.69, 9.17) is 5.73 Å². The van der Waals surface area contributed by atoms with Crippen molar-refractivity contribution in [2.24, 2.45) is 5.73 Å². The number of halogens is 3. The van der Waals surface area contributed by atoms with Crippen molar-refractivity contribution < 1.29 is 21.6 Å². The van der Waals surface area contributed by atoms with Gasteiger partial charge < -0.3 is 5.73 Å². The highest BCUT2D eigenvalue weighted by Crippen LogP contribution is 2.25. The predicted octanol–water partition coefficient (Wildman–Crippen LogP) is 1.22. The third-order valence-electron chi connectivity index (χ3n) is 3.04. The van der Waals surface area contributed by atoms with Crippen LogP contribution in [0.3, 0.4) is 0 Å². The SMILES string of the molecule is NC1CCCN(S(=O)(=O)c2ccc(F)c(F)c2F)C1. The number of nitrogens with zero attached hydrogens (tertiary/aromatic N) is 1. The van der Waals surface area contributed by atoms with Gasteiger partial charge in [-0.2, -0.15) is 4.31 Å². The standard InChI is InChI=1S/C11H13F3N2O2S/c12-8-3-4-9(11(14)10(8)13)19(17,18)16-5-1-2-7(15)6-16/h3-4,7H,1-2,5-6,15H2. The number of nitrogens with two attached hydrogens (primary N) is 1. The van der Waals surface area contributed by atoms with Crippen LogP contribution in [0, 0.1) is 17.5 Å². The largest absolute Gasteiger partial charge is 0.327 e. The lowest BCUT2D eigenvalue weighted by Crippen LogP contribution is -2.45. The molecule has 4 nitrogen and oxygen atoms in total. The van der Waals surface area contributed by atoms with Crippen LogP contribution in [0.5, 0.6) is 0 Å². The predicted molar refractivity (Wildman–Crippen MR) is 62.3 cm³/mol. The van der Waals surface area contributed by atoms with Crippen LogP contribution >= 0.6 is 0 Å². The van der Waals surface area contributed by atoms with Gasteiger partial charge in [-0.25, -0.2) is 21.6 Å². The lowest BCUT2D eigenvalue weighted by atomic mass is 10.1. The summed E-state index contributed by atoms with van der Waals surface area (Å²) in [5.41, 5.74) is 5.66. The molecule has 2 N–H and O–H groups in total. The molecular formula is C11H13F3N2O2S. The van der Waals surface area contributed by atoms with Crippen LogP contribution in [0.2, 0.25) is 0 Å². The van der Waals surface area contributed by atoms with Crippen LogP contribution < -0.4 is 5.73 Å². The summed E-state index contributed by atoms with van der Waals surface area (Å²) < 4.78 is 64.8. The maximum Gasteiger partial charge on any atom is 0.246 e. The Kier molecular flexibility index (Phi) is 3.84. The van der Waals surface area contributed by atoms with Gasteiger partial charge in [-0.3, -0.25) is 0 Å². The van der Waals surface area contributed by atoms with E-state index in [1.807, 2.05) is 0 Å². The second-order valence-electron chi connectivity index (χ2n) is 4.44. The molecule has 1 unspecified atom stereocenters. The van der Waals surface area contributed by atoms with Gasteiger partial charge in [0.2, 0.25) is 10.0 Å². The summed E-state index contributed by atoms with van der Waals surface area (Å²) in [5.74, 6) is -4.91. The van der Waals surface area contributed by atoms with Gasteiger partial charge in [0, 0.05) is 19.1 Å². The number of hydrogen-bond donors (Lipinski definition) is 1. The molecule has 0 spiro atoms. The fourth-order valence-corrected chi connectivity index (χ4v) is 3.63. The minimum absolute atomic E-state index is 0.0424. The number of benzene rings is 1. The van der Waals surface area contributed by atoms with E-state index in [-0.39, 0.29) is 19.1 Å². The van der Waals surface area contributed by atoms with Crippen molar-refractivity contribution in [1.82, 2.24) is 4.31 Å². The van der Waals surface area contributed by atoms with Crippen molar-refractivity contribution >= 4 is 10.0 Å². The van der Waals surface area contributed by atoms with E-state index >= 15 is 0 Å². The molecule has 1 fully saturated rings. The average Bonchev–Trinajstić information content (AvgIpc) is 2.36. The molecule has 1 aromatic carbocycles. The first-order valence-electron chi connectivity index (χ1n) is 5.73. The maximum atomic E-state index is 13.6. The lowest BCUT2D eigenvalue weighted by molar-refractivity contribution is 0.314. The third kappa shape index (κ3) is 2.60. The second-order valence-corrected chi connectivity index (χ2v) is 6.35. The van der Waals surface area contributed by atoms with Crippen molar-refractivity contribution in [1.29, 1.82) is 0 Å². The molecule has 0 bridgehead atoms. The Balaban J connectivity index is 2.42. The Labute approximate surface area is 109 Å². The van der Waals surface area contributed by atoms with Gasteiger partial charge in [0.25, 0.3) is 0 Å². The van der Waals surface area contributed by atoms with Crippen molar-refractivity contribution in [3.05, 3.63) is 29.6 Å². The first-order chi connectivity index (χ1) is 8.84. The summed E-state index contributed by atoms with van der Waals surface area (Å²) in [6, 6.07) is 0.982. The van der Waals surface area contributed by atoms with Crippen molar-refractivity contribution in [3.63, 3.8) is 0 Å². The molecule has 1 aliphatic heterocycles. The number of piperidine rings is 1. The summed E-state index contributed by atoms with van der Waals surface area (Å²) >= 11 is 0. The molecule has 0 aliphatic carbocycles. The number of rotatable bonds is 2. The first kappa shape index (κ1) is 14.3. The molecule has 0 aromatic heterocycles. The zero-order valence-electron chi connectivity index (χ0n) is 9.94. The topological polar surface area (TPSA) is 63.4 Å². The van der Waals surface area contributed by atoms with Crippen LogP contribution in [-0.4, -0.2) is 31.9 Å². The van der Waals surface area contributed by atoms with Gasteiger partial charge in [0.15, 0.2) is 17.5 Å². The molecule has 1 aliphatic rings. The zero-order valence-corrected chi connectivity index (χ0v) is 10.8. The van der Waals surface area contributed by atoms with Crippen LogP contribution in [0.15, 0.2) is 17.0 Å². The van der Waals surface area contributed by atoms with Gasteiger partial charge in [0.1, 0.15) is 4.90 Å².